The Morgan fingerprint density at radius 3 is 2.76 bits per heavy atom. The first-order valence-corrected chi connectivity index (χ1v) is 6.34. The standard InChI is InChI=1S/C12H20ClN3O/c1-9(2)11-6-12(15-8-14-11)16-10(4-5-13)7-17-3/h6,8-10H,4-5,7H2,1-3H3,(H,14,15,16). The molecule has 0 saturated heterocycles. The second-order valence-corrected chi connectivity index (χ2v) is 4.64. The number of aromatic nitrogens is 2. The minimum atomic E-state index is 0.187. The summed E-state index contributed by atoms with van der Waals surface area (Å²) in [5.74, 6) is 1.83. The van der Waals surface area contributed by atoms with Crippen molar-refractivity contribution in [2.45, 2.75) is 32.2 Å². The van der Waals surface area contributed by atoms with Gasteiger partial charge in [-0.25, -0.2) is 9.97 Å². The van der Waals surface area contributed by atoms with Gasteiger partial charge in [0.15, 0.2) is 0 Å². The van der Waals surface area contributed by atoms with Gasteiger partial charge in [0.2, 0.25) is 0 Å². The second-order valence-electron chi connectivity index (χ2n) is 4.26. The Balaban J connectivity index is 2.67. The largest absolute Gasteiger partial charge is 0.383 e. The fourth-order valence-electron chi connectivity index (χ4n) is 1.51. The van der Waals surface area contributed by atoms with E-state index in [1.807, 2.05) is 6.07 Å². The molecule has 5 heteroatoms. The minimum Gasteiger partial charge on any atom is -0.383 e. The maximum absolute atomic E-state index is 5.75. The van der Waals surface area contributed by atoms with Crippen LogP contribution in [0.1, 0.15) is 31.9 Å². The highest BCUT2D eigenvalue weighted by atomic mass is 35.5. The van der Waals surface area contributed by atoms with Crippen molar-refractivity contribution >= 4 is 17.4 Å². The van der Waals surface area contributed by atoms with Crippen molar-refractivity contribution in [1.82, 2.24) is 9.97 Å². The van der Waals surface area contributed by atoms with Crippen LogP contribution >= 0.6 is 11.6 Å². The average Bonchev–Trinajstić information content (AvgIpc) is 2.30. The molecule has 0 fully saturated rings. The van der Waals surface area contributed by atoms with Gasteiger partial charge in [0.25, 0.3) is 0 Å². The molecular formula is C12H20ClN3O. The van der Waals surface area contributed by atoms with Gasteiger partial charge in [-0.1, -0.05) is 13.8 Å². The smallest absolute Gasteiger partial charge is 0.129 e. The number of hydrogen-bond acceptors (Lipinski definition) is 4. The van der Waals surface area contributed by atoms with Gasteiger partial charge >= 0.3 is 0 Å². The third-order valence-electron chi connectivity index (χ3n) is 2.46. The first-order chi connectivity index (χ1) is 8.17. The molecule has 0 bridgehead atoms. The Bertz CT molecular complexity index is 327. The summed E-state index contributed by atoms with van der Waals surface area (Å²) in [4.78, 5) is 8.43. The molecule has 0 saturated carbocycles. The summed E-state index contributed by atoms with van der Waals surface area (Å²) in [6.45, 7) is 4.84. The fraction of sp³-hybridized carbons (Fsp3) is 0.667. The molecule has 4 nitrogen and oxygen atoms in total. The molecule has 1 aromatic heterocycles. The second kappa shape index (κ2) is 7.45. The topological polar surface area (TPSA) is 47.0 Å². The van der Waals surface area contributed by atoms with Crippen LogP contribution in [0.15, 0.2) is 12.4 Å². The Morgan fingerprint density at radius 1 is 1.41 bits per heavy atom. The van der Waals surface area contributed by atoms with E-state index in [1.54, 1.807) is 13.4 Å². The Labute approximate surface area is 108 Å². The van der Waals surface area contributed by atoms with Gasteiger partial charge in [-0.2, -0.15) is 0 Å². The lowest BCUT2D eigenvalue weighted by Crippen LogP contribution is -2.26. The van der Waals surface area contributed by atoms with Crippen LogP contribution in [-0.2, 0) is 4.74 Å². The number of methoxy groups -OCH3 is 1. The molecule has 17 heavy (non-hydrogen) atoms. The first-order valence-electron chi connectivity index (χ1n) is 5.80. The lowest BCUT2D eigenvalue weighted by Gasteiger charge is -2.17. The Hall–Kier alpha value is -0.870. The summed E-state index contributed by atoms with van der Waals surface area (Å²) in [6, 6.07) is 2.16. The zero-order valence-electron chi connectivity index (χ0n) is 10.6. The van der Waals surface area contributed by atoms with Gasteiger partial charge < -0.3 is 10.1 Å². The number of hydrogen-bond donors (Lipinski definition) is 1. The summed E-state index contributed by atoms with van der Waals surface area (Å²) in [5.41, 5.74) is 1.03. The molecule has 1 atom stereocenters. The number of anilines is 1. The fourth-order valence-corrected chi connectivity index (χ4v) is 1.77. The molecule has 1 heterocycles. The van der Waals surface area contributed by atoms with Crippen molar-refractivity contribution < 1.29 is 4.74 Å². The molecule has 1 N–H and O–H groups in total. The van der Waals surface area contributed by atoms with Gasteiger partial charge in [0, 0.05) is 24.8 Å². The third kappa shape index (κ3) is 4.88. The lowest BCUT2D eigenvalue weighted by atomic mass is 10.1. The van der Waals surface area contributed by atoms with E-state index < -0.39 is 0 Å². The predicted octanol–water partition coefficient (Wildman–Crippen LogP) is 2.66. The van der Waals surface area contributed by atoms with E-state index in [4.69, 9.17) is 16.3 Å². The molecule has 0 spiro atoms. The van der Waals surface area contributed by atoms with E-state index in [0.717, 1.165) is 17.9 Å². The number of ether oxygens (including phenoxy) is 1. The highest BCUT2D eigenvalue weighted by Crippen LogP contribution is 2.15. The maximum atomic E-state index is 5.75. The van der Waals surface area contributed by atoms with Crippen molar-refractivity contribution in [3.63, 3.8) is 0 Å². The normalized spacial score (nSPS) is 12.8. The van der Waals surface area contributed by atoms with Gasteiger partial charge in [-0.3, -0.25) is 0 Å². The molecule has 0 aliphatic heterocycles. The van der Waals surface area contributed by atoms with Crippen LogP contribution in [0.2, 0.25) is 0 Å². The molecule has 0 amide bonds. The molecule has 96 valence electrons. The van der Waals surface area contributed by atoms with E-state index in [1.165, 1.54) is 0 Å². The predicted molar refractivity (Wildman–Crippen MR) is 70.7 cm³/mol. The van der Waals surface area contributed by atoms with Crippen LogP contribution < -0.4 is 5.32 Å². The van der Waals surface area contributed by atoms with E-state index in [-0.39, 0.29) is 6.04 Å². The first kappa shape index (κ1) is 14.2. The van der Waals surface area contributed by atoms with Crippen molar-refractivity contribution in [2.75, 3.05) is 24.9 Å². The SMILES string of the molecule is COCC(CCCl)Nc1cc(C(C)C)ncn1. The number of halogens is 1. The Kier molecular flexibility index (Phi) is 6.22. The zero-order valence-corrected chi connectivity index (χ0v) is 11.4. The van der Waals surface area contributed by atoms with E-state index in [0.29, 0.717) is 18.4 Å². The Morgan fingerprint density at radius 2 is 2.18 bits per heavy atom. The molecule has 0 radical (unpaired) electrons. The molecule has 0 aromatic carbocycles. The molecule has 1 unspecified atom stereocenters. The van der Waals surface area contributed by atoms with Gasteiger partial charge in [-0.15, -0.1) is 11.6 Å². The van der Waals surface area contributed by atoms with Crippen LogP contribution in [0, 0.1) is 0 Å². The lowest BCUT2D eigenvalue weighted by molar-refractivity contribution is 0.184. The molecule has 1 rings (SSSR count). The minimum absolute atomic E-state index is 0.187. The van der Waals surface area contributed by atoms with Crippen LogP contribution in [-0.4, -0.2) is 35.6 Å². The maximum Gasteiger partial charge on any atom is 0.129 e. The van der Waals surface area contributed by atoms with Gasteiger partial charge in [0.1, 0.15) is 12.1 Å². The molecule has 0 aliphatic rings. The highest BCUT2D eigenvalue weighted by Gasteiger charge is 2.09. The van der Waals surface area contributed by atoms with E-state index >= 15 is 0 Å². The van der Waals surface area contributed by atoms with Crippen molar-refractivity contribution in [3.05, 3.63) is 18.1 Å². The number of alkyl halides is 1. The molecular weight excluding hydrogens is 238 g/mol. The third-order valence-corrected chi connectivity index (χ3v) is 2.68. The summed E-state index contributed by atoms with van der Waals surface area (Å²) in [5, 5.41) is 3.32. The monoisotopic (exact) mass is 257 g/mol. The van der Waals surface area contributed by atoms with Crippen LogP contribution in [0.25, 0.3) is 0 Å². The quantitative estimate of drug-likeness (QED) is 0.763. The summed E-state index contributed by atoms with van der Waals surface area (Å²) < 4.78 is 5.14. The van der Waals surface area contributed by atoms with Gasteiger partial charge in [0.05, 0.1) is 12.6 Å². The average molecular weight is 258 g/mol. The van der Waals surface area contributed by atoms with Crippen molar-refractivity contribution in [1.29, 1.82) is 0 Å². The molecule has 0 aliphatic carbocycles. The van der Waals surface area contributed by atoms with Crippen LogP contribution in [0.4, 0.5) is 5.82 Å². The van der Waals surface area contributed by atoms with Crippen LogP contribution in [0.5, 0.6) is 0 Å². The summed E-state index contributed by atoms with van der Waals surface area (Å²) in [7, 11) is 1.68. The van der Waals surface area contributed by atoms with Crippen molar-refractivity contribution in [3.8, 4) is 0 Å². The highest BCUT2D eigenvalue weighted by molar-refractivity contribution is 6.17. The van der Waals surface area contributed by atoms with Crippen LogP contribution in [0.3, 0.4) is 0 Å². The van der Waals surface area contributed by atoms with E-state index in [9.17, 15) is 0 Å². The number of nitrogens with zero attached hydrogens (tertiary/aromatic N) is 2. The summed E-state index contributed by atoms with van der Waals surface area (Å²) >= 11 is 5.75. The number of rotatable bonds is 7. The van der Waals surface area contributed by atoms with Crippen molar-refractivity contribution in [2.24, 2.45) is 0 Å². The number of nitrogens with one attached hydrogen (secondary N) is 1. The van der Waals surface area contributed by atoms with Gasteiger partial charge in [-0.05, 0) is 12.3 Å². The molecule has 1 aromatic rings. The zero-order chi connectivity index (χ0) is 12.7. The van der Waals surface area contributed by atoms with E-state index in [2.05, 4.69) is 29.1 Å². The summed E-state index contributed by atoms with van der Waals surface area (Å²) in [6.07, 6.45) is 2.43.